The third-order valence-electron chi connectivity index (χ3n) is 6.86. The van der Waals surface area contributed by atoms with E-state index >= 15 is 0 Å². The zero-order valence-corrected chi connectivity index (χ0v) is 28.0. The molecule has 11 nitrogen and oxygen atoms in total. The summed E-state index contributed by atoms with van der Waals surface area (Å²) in [5.74, 6) is 0.796. The van der Waals surface area contributed by atoms with Gasteiger partial charge < -0.3 is 18.9 Å². The predicted molar refractivity (Wildman–Crippen MR) is 177 cm³/mol. The molecule has 46 heavy (non-hydrogen) atoms. The quantitative estimate of drug-likeness (QED) is 0.109. The number of non-ortho nitro benzene ring substituents is 1. The van der Waals surface area contributed by atoms with Gasteiger partial charge in [0.15, 0.2) is 16.3 Å². The fraction of sp³-hybridized carbons (Fsp3) is 0.219. The van der Waals surface area contributed by atoms with Crippen molar-refractivity contribution < 1.29 is 28.7 Å². The molecule has 3 aromatic carbocycles. The number of nitrogens with zero attached hydrogens (tertiary/aromatic N) is 3. The van der Waals surface area contributed by atoms with E-state index in [2.05, 4.69) is 20.9 Å². The minimum absolute atomic E-state index is 0.0273. The lowest BCUT2D eigenvalue weighted by atomic mass is 9.97. The molecule has 0 bridgehead atoms. The van der Waals surface area contributed by atoms with Crippen LogP contribution in [0.25, 0.3) is 6.08 Å². The summed E-state index contributed by atoms with van der Waals surface area (Å²) in [5, 5.41) is 11.4. The molecule has 1 aliphatic heterocycles. The van der Waals surface area contributed by atoms with Crippen LogP contribution in [0.1, 0.15) is 36.6 Å². The van der Waals surface area contributed by atoms with Gasteiger partial charge in [-0.05, 0) is 83.4 Å². The number of nitro benzene ring substituents is 1. The van der Waals surface area contributed by atoms with Crippen molar-refractivity contribution in [3.63, 3.8) is 0 Å². The van der Waals surface area contributed by atoms with Crippen LogP contribution in [0.5, 0.6) is 17.2 Å². The summed E-state index contributed by atoms with van der Waals surface area (Å²) >= 11 is 11.0. The largest absolute Gasteiger partial charge is 0.490 e. The van der Waals surface area contributed by atoms with Crippen molar-refractivity contribution in [3.8, 4) is 17.2 Å². The molecule has 0 saturated carbocycles. The zero-order chi connectivity index (χ0) is 33.0. The molecule has 1 atom stereocenters. The van der Waals surface area contributed by atoms with Crippen molar-refractivity contribution >= 4 is 56.6 Å². The Kier molecular flexibility index (Phi) is 10.2. The molecule has 5 rings (SSSR count). The molecule has 14 heteroatoms. The number of benzene rings is 3. The van der Waals surface area contributed by atoms with Gasteiger partial charge in [0.05, 0.1) is 45.9 Å². The first-order valence-corrected chi connectivity index (χ1v) is 16.0. The number of fused-ring (bicyclic) bond motifs is 1. The molecule has 0 spiro atoms. The summed E-state index contributed by atoms with van der Waals surface area (Å²) < 4.78 is 25.0. The van der Waals surface area contributed by atoms with Gasteiger partial charge in [0.1, 0.15) is 12.4 Å². The van der Waals surface area contributed by atoms with Crippen LogP contribution in [0.3, 0.4) is 0 Å². The molecule has 0 radical (unpaired) electrons. The van der Waals surface area contributed by atoms with Crippen LogP contribution < -0.4 is 29.1 Å². The molecule has 0 fully saturated rings. The van der Waals surface area contributed by atoms with E-state index in [-0.39, 0.29) is 17.9 Å². The number of hydrogen-bond donors (Lipinski definition) is 0. The summed E-state index contributed by atoms with van der Waals surface area (Å²) in [6.07, 6.45) is 3.06. The third kappa shape index (κ3) is 6.86. The van der Waals surface area contributed by atoms with Gasteiger partial charge in [0.2, 0.25) is 0 Å². The highest BCUT2D eigenvalue weighted by Gasteiger charge is 2.31. The Hall–Kier alpha value is -4.46. The predicted octanol–water partition coefficient (Wildman–Crippen LogP) is 5.72. The fourth-order valence-electron chi connectivity index (χ4n) is 4.84. The van der Waals surface area contributed by atoms with E-state index in [0.717, 1.165) is 11.3 Å². The van der Waals surface area contributed by atoms with Crippen LogP contribution in [0.2, 0.25) is 5.02 Å². The van der Waals surface area contributed by atoms with Gasteiger partial charge >= 0.3 is 5.97 Å². The maximum Gasteiger partial charge on any atom is 0.337 e. The number of ether oxygens (including phenoxy) is 4. The van der Waals surface area contributed by atoms with Gasteiger partial charge in [-0.2, -0.15) is 0 Å². The standard InChI is InChI=1S/C32H27BrClN3O8S/c1-4-43-25-11-8-19(13-26(25)44-5-2)28-23(31(39)42-3)16-35-32-36(28)30(38)27(46-32)14-20-12-21(34)15-24(33)29(20)45-17-18-6-9-22(10-7-18)37(40)41/h6-16,28H,4-5,17H2,1-3H3/b27-14+/t28-/m0/s1. The number of rotatable bonds is 11. The second kappa shape index (κ2) is 14.3. The molecule has 0 unspecified atom stereocenters. The lowest BCUT2D eigenvalue weighted by Gasteiger charge is -2.23. The number of nitro groups is 1. The highest BCUT2D eigenvalue weighted by molar-refractivity contribution is 9.10. The highest BCUT2D eigenvalue weighted by Crippen LogP contribution is 2.36. The Balaban J connectivity index is 1.60. The van der Waals surface area contributed by atoms with Gasteiger partial charge in [0.25, 0.3) is 11.2 Å². The number of hydrogen-bond acceptors (Lipinski definition) is 10. The average Bonchev–Trinajstić information content (AvgIpc) is 3.35. The summed E-state index contributed by atoms with van der Waals surface area (Å²) in [4.78, 5) is 42.3. The Labute approximate surface area is 280 Å². The number of methoxy groups -OCH3 is 1. The molecular weight excluding hydrogens is 702 g/mol. The first-order valence-electron chi connectivity index (χ1n) is 14.0. The lowest BCUT2D eigenvalue weighted by Crippen LogP contribution is -2.39. The van der Waals surface area contributed by atoms with Crippen LogP contribution >= 0.6 is 38.9 Å². The zero-order valence-electron chi connectivity index (χ0n) is 24.8. The smallest absolute Gasteiger partial charge is 0.337 e. The number of carbonyl (C=O) groups excluding carboxylic acids is 1. The minimum Gasteiger partial charge on any atom is -0.490 e. The maximum absolute atomic E-state index is 14.1. The summed E-state index contributed by atoms with van der Waals surface area (Å²) in [5.41, 5.74) is 1.56. The van der Waals surface area contributed by atoms with Crippen LogP contribution in [0, 0.1) is 10.1 Å². The lowest BCUT2D eigenvalue weighted by molar-refractivity contribution is -0.384. The number of thiazole rings is 1. The second-order valence-corrected chi connectivity index (χ2v) is 12.1. The molecule has 0 N–H and O–H groups in total. The van der Waals surface area contributed by atoms with Crippen LogP contribution in [-0.2, 0) is 16.1 Å². The minimum atomic E-state index is -0.857. The van der Waals surface area contributed by atoms with Gasteiger partial charge in [-0.1, -0.05) is 29.0 Å². The number of aromatic nitrogens is 1. The van der Waals surface area contributed by atoms with Crippen molar-refractivity contribution in [2.75, 3.05) is 20.3 Å². The summed E-state index contributed by atoms with van der Waals surface area (Å²) in [7, 11) is 1.27. The molecule has 0 aliphatic carbocycles. The third-order valence-corrected chi connectivity index (χ3v) is 8.67. The number of halogens is 2. The number of carbonyl (C=O) groups is 1. The Morgan fingerprint density at radius 2 is 1.80 bits per heavy atom. The molecule has 4 aromatic rings. The van der Waals surface area contributed by atoms with Crippen molar-refractivity contribution in [1.29, 1.82) is 0 Å². The van der Waals surface area contributed by atoms with Crippen molar-refractivity contribution in [2.24, 2.45) is 4.99 Å². The fourth-order valence-corrected chi connectivity index (χ4v) is 6.75. The Morgan fingerprint density at radius 1 is 1.09 bits per heavy atom. The molecule has 0 amide bonds. The Bertz CT molecular complexity index is 2020. The van der Waals surface area contributed by atoms with E-state index in [0.29, 0.717) is 66.0 Å². The molecule has 1 aromatic heterocycles. The normalized spacial score (nSPS) is 14.2. The summed E-state index contributed by atoms with van der Waals surface area (Å²) in [6, 6.07) is 13.7. The first-order chi connectivity index (χ1) is 22.1. The van der Waals surface area contributed by atoms with Gasteiger partial charge in [-0.3, -0.25) is 19.5 Å². The van der Waals surface area contributed by atoms with Crippen LogP contribution in [-0.4, -0.2) is 35.8 Å². The van der Waals surface area contributed by atoms with Gasteiger partial charge in [0, 0.05) is 28.9 Å². The highest BCUT2D eigenvalue weighted by atomic mass is 79.9. The second-order valence-electron chi connectivity index (χ2n) is 9.77. The molecule has 0 saturated heterocycles. The monoisotopic (exact) mass is 727 g/mol. The molecule has 2 heterocycles. The summed E-state index contributed by atoms with van der Waals surface area (Å²) in [6.45, 7) is 4.63. The topological polar surface area (TPSA) is 131 Å². The van der Waals surface area contributed by atoms with E-state index in [1.165, 1.54) is 30.0 Å². The SMILES string of the molecule is CCOc1ccc([C@H]2C(C(=O)OC)=CN=c3s/c(=C/c4cc(Cl)cc(Br)c4OCc4ccc([N+](=O)[O-])cc4)c(=O)n32)cc1OCC. The maximum atomic E-state index is 14.1. The van der Waals surface area contributed by atoms with E-state index in [1.54, 1.807) is 48.5 Å². The van der Waals surface area contributed by atoms with Crippen LogP contribution in [0.4, 0.5) is 5.69 Å². The van der Waals surface area contributed by atoms with E-state index in [1.807, 2.05) is 13.8 Å². The van der Waals surface area contributed by atoms with Crippen molar-refractivity contribution in [3.05, 3.63) is 122 Å². The van der Waals surface area contributed by atoms with Gasteiger partial charge in [-0.15, -0.1) is 0 Å². The van der Waals surface area contributed by atoms with E-state index in [9.17, 15) is 19.7 Å². The van der Waals surface area contributed by atoms with Crippen LogP contribution in [0.15, 0.2) is 80.6 Å². The number of esters is 1. The van der Waals surface area contributed by atoms with Crippen molar-refractivity contribution in [1.82, 2.24) is 4.57 Å². The first kappa shape index (κ1) is 32.9. The van der Waals surface area contributed by atoms with Crippen molar-refractivity contribution in [2.45, 2.75) is 26.5 Å². The molecule has 238 valence electrons. The van der Waals surface area contributed by atoms with E-state index < -0.39 is 22.5 Å². The molecule has 1 aliphatic rings. The average molecular weight is 729 g/mol. The Morgan fingerprint density at radius 3 is 2.48 bits per heavy atom. The van der Waals surface area contributed by atoms with Gasteiger partial charge in [-0.25, -0.2) is 9.79 Å². The van der Waals surface area contributed by atoms with E-state index in [4.69, 9.17) is 30.5 Å². The molecular formula is C32H27BrClN3O8S.